The van der Waals surface area contributed by atoms with Crippen LogP contribution in [0.15, 0.2) is 64.6 Å². The number of nitrogens with one attached hydrogen (secondary N) is 13. The lowest BCUT2D eigenvalue weighted by Crippen LogP contribution is -2.62. The molecule has 0 spiro atoms. The van der Waals surface area contributed by atoms with Crippen LogP contribution in [0.5, 0.6) is 5.75 Å². The number of benzene rings is 2. The van der Waals surface area contributed by atoms with Crippen LogP contribution in [0.3, 0.4) is 0 Å². The van der Waals surface area contributed by atoms with Crippen LogP contribution in [0.25, 0.3) is 0 Å². The molecule has 0 radical (unpaired) electrons. The molecule has 2 aromatic rings. The van der Waals surface area contributed by atoms with Crippen molar-refractivity contribution in [2.45, 2.75) is 237 Å². The van der Waals surface area contributed by atoms with E-state index in [-0.39, 0.29) is 107 Å². The van der Waals surface area contributed by atoms with Crippen molar-refractivity contribution in [1.29, 1.82) is 0 Å². The summed E-state index contributed by atoms with van der Waals surface area (Å²) in [7, 11) is 0. The Bertz CT molecular complexity index is 3670. The van der Waals surface area contributed by atoms with E-state index < -0.39 is 211 Å². The second kappa shape index (κ2) is 54.9. The number of amides is 13. The first-order valence-corrected chi connectivity index (χ1v) is 40.9. The number of aliphatic hydroxyl groups is 1. The van der Waals surface area contributed by atoms with Crippen molar-refractivity contribution in [1.82, 2.24) is 69.1 Å². The van der Waals surface area contributed by atoms with Gasteiger partial charge < -0.3 is 124 Å². The number of thioether (sulfide) groups is 1. The molecule has 0 aromatic heterocycles. The lowest BCUT2D eigenvalue weighted by Gasteiger charge is -2.30. The van der Waals surface area contributed by atoms with E-state index in [0.29, 0.717) is 36.1 Å². The molecule has 660 valence electrons. The summed E-state index contributed by atoms with van der Waals surface area (Å²) in [6.07, 6.45) is 1.61. The number of nitrogens with two attached hydrogens (primary N) is 6. The molecule has 0 bridgehead atoms. The molecule has 40 nitrogen and oxygen atoms in total. The number of carbonyl (C=O) groups excluding carboxylic acids is 13. The fraction of sp³-hybridized carbons (Fsp3) is 0.623. The molecule has 0 heterocycles. The minimum atomic E-state index is -1.74. The number of guanidine groups is 2. The van der Waals surface area contributed by atoms with E-state index in [4.69, 9.17) is 34.4 Å². The van der Waals surface area contributed by atoms with Crippen LogP contribution in [0, 0.1) is 23.7 Å². The zero-order valence-corrected chi connectivity index (χ0v) is 69.9. The highest BCUT2D eigenvalue weighted by Gasteiger charge is 2.39. The number of phenols is 1. The fourth-order valence-corrected chi connectivity index (χ4v) is 12.3. The molecule has 0 fully saturated rings. The van der Waals surface area contributed by atoms with Gasteiger partial charge >= 0.3 is 11.9 Å². The van der Waals surface area contributed by atoms with Gasteiger partial charge in [-0.2, -0.15) is 11.8 Å². The zero-order valence-electron chi connectivity index (χ0n) is 69.0. The van der Waals surface area contributed by atoms with E-state index in [0.717, 1.165) is 0 Å². The van der Waals surface area contributed by atoms with Gasteiger partial charge in [0.15, 0.2) is 11.9 Å². The summed E-state index contributed by atoms with van der Waals surface area (Å²) in [5.74, 6) is -16.8. The molecule has 41 heteroatoms. The smallest absolute Gasteiger partial charge is 0.326 e. The second-order valence-electron chi connectivity index (χ2n) is 29.7. The molecule has 0 aliphatic rings. The van der Waals surface area contributed by atoms with Gasteiger partial charge in [0.1, 0.15) is 78.3 Å². The Morgan fingerprint density at radius 1 is 0.449 bits per heavy atom. The van der Waals surface area contributed by atoms with Gasteiger partial charge in [0.25, 0.3) is 0 Å². The Hall–Kier alpha value is -10.9. The summed E-state index contributed by atoms with van der Waals surface area (Å²) in [5, 5.41) is 73.2. The first-order chi connectivity index (χ1) is 55.7. The minimum Gasteiger partial charge on any atom is -0.508 e. The number of aromatic hydroxyl groups is 1. The molecule has 29 N–H and O–H groups in total. The van der Waals surface area contributed by atoms with Crippen molar-refractivity contribution in [3.05, 3.63) is 65.7 Å². The summed E-state index contributed by atoms with van der Waals surface area (Å²) < 4.78 is 0. The van der Waals surface area contributed by atoms with Crippen LogP contribution in [0.4, 0.5) is 0 Å². The number of hydrogen-bond acceptors (Lipinski definition) is 22. The van der Waals surface area contributed by atoms with Crippen molar-refractivity contribution >= 4 is 112 Å². The molecule has 0 unspecified atom stereocenters. The van der Waals surface area contributed by atoms with Crippen molar-refractivity contribution < 1.29 is 92.3 Å². The summed E-state index contributed by atoms with van der Waals surface area (Å²) in [6, 6.07) is -4.33. The van der Waals surface area contributed by atoms with Crippen LogP contribution < -0.4 is 104 Å². The van der Waals surface area contributed by atoms with Gasteiger partial charge in [-0.05, 0) is 137 Å². The van der Waals surface area contributed by atoms with Gasteiger partial charge in [0.05, 0.1) is 19.2 Å². The van der Waals surface area contributed by atoms with Crippen LogP contribution in [0.2, 0.25) is 0 Å². The SMILES string of the molecule is CC[C@H](C)[C@H](NC(=O)[C@H](Cc1ccccc1)NC(=O)[C@H](CCC(=O)O)NC(=O)[C@H](CC(C)C)NC(=O)[C@H](C)NC(=O)[C@H](CCCCN)NC(=O)[C@H](CCCN=C(N)N)NC(=O)[C@@H](NC(=O)[C@@H](NC(=O)[C@H](CCCN=C(N)N)NC(=O)[C@H](CO)NC(=O)CNC(=O)[C@H](Cc1ccc(O)cc1)NC(=O)[C@@H](N)CCSC)C(C)C)[C@@H](C)CC)C(=O)O. The maximum absolute atomic E-state index is 14.7. The predicted octanol–water partition coefficient (Wildman–Crippen LogP) is -3.82. The number of aliphatic hydroxyl groups excluding tert-OH is 1. The van der Waals surface area contributed by atoms with Gasteiger partial charge in [-0.3, -0.25) is 77.1 Å². The van der Waals surface area contributed by atoms with Gasteiger partial charge in [0, 0.05) is 32.4 Å². The molecule has 0 saturated heterocycles. The lowest BCUT2D eigenvalue weighted by atomic mass is 9.95. The number of carboxylic acid groups (broad SMARTS) is 2. The van der Waals surface area contributed by atoms with E-state index in [9.17, 15) is 92.3 Å². The van der Waals surface area contributed by atoms with Crippen molar-refractivity contribution in [2.24, 2.45) is 68.1 Å². The highest BCUT2D eigenvalue weighted by molar-refractivity contribution is 7.98. The second-order valence-corrected chi connectivity index (χ2v) is 30.7. The first-order valence-electron chi connectivity index (χ1n) is 39.5. The maximum atomic E-state index is 14.7. The van der Waals surface area contributed by atoms with Crippen molar-refractivity contribution in [3.8, 4) is 5.75 Å². The highest BCUT2D eigenvalue weighted by atomic mass is 32.2. The van der Waals surface area contributed by atoms with Crippen LogP contribution >= 0.6 is 11.8 Å². The van der Waals surface area contributed by atoms with Crippen molar-refractivity contribution in [3.63, 3.8) is 0 Å². The number of aliphatic carboxylic acids is 2. The van der Waals surface area contributed by atoms with E-state index in [1.807, 2.05) is 6.26 Å². The summed E-state index contributed by atoms with van der Waals surface area (Å²) >= 11 is 1.46. The number of phenolic OH excluding ortho intramolecular Hbond substituents is 1. The molecule has 15 atom stereocenters. The van der Waals surface area contributed by atoms with Crippen LogP contribution in [0.1, 0.15) is 157 Å². The third kappa shape index (κ3) is 39.3. The Balaban J connectivity index is 2.47. The summed E-state index contributed by atoms with van der Waals surface area (Å²) in [4.78, 5) is 216. The average Bonchev–Trinajstić information content (AvgIpc) is 0.858. The Kier molecular flexibility index (Phi) is 48.0. The molecule has 13 amide bonds. The number of unbranched alkanes of at least 4 members (excludes halogenated alkanes) is 1. The monoisotopic (exact) mass is 1680 g/mol. The van der Waals surface area contributed by atoms with E-state index in [2.05, 4.69) is 79.1 Å². The number of rotatable bonds is 57. The summed E-state index contributed by atoms with van der Waals surface area (Å²) in [6.45, 7) is 12.9. The van der Waals surface area contributed by atoms with E-state index >= 15 is 0 Å². The Morgan fingerprint density at radius 2 is 0.873 bits per heavy atom. The van der Waals surface area contributed by atoms with Crippen molar-refractivity contribution in [2.75, 3.05) is 44.8 Å². The normalized spacial score (nSPS) is 14.9. The van der Waals surface area contributed by atoms with E-state index in [1.165, 1.54) is 43.0 Å². The minimum absolute atomic E-state index is 0.0422. The van der Waals surface area contributed by atoms with Gasteiger partial charge in [-0.15, -0.1) is 0 Å². The molecule has 2 aromatic carbocycles. The lowest BCUT2D eigenvalue weighted by molar-refractivity contribution is -0.144. The molecular weight excluding hydrogens is 1560 g/mol. The third-order valence-corrected chi connectivity index (χ3v) is 19.7. The maximum Gasteiger partial charge on any atom is 0.326 e. The average molecular weight is 1680 g/mol. The Labute approximate surface area is 692 Å². The number of carboxylic acids is 2. The number of nitrogens with zero attached hydrogens (tertiary/aromatic N) is 2. The van der Waals surface area contributed by atoms with E-state index in [1.54, 1.807) is 85.7 Å². The standard InChI is InChI=1S/C77H127N21O19S/c1-11-43(7)61(97-73(114)60(42(5)6)96-69(110)52(24-19-34-85-77(82)83)90-72(113)57(40-99)88-58(101)39-86-65(106)55(38-47-25-27-48(100)28-26-47)94-64(105)49(79)31-35-118-10)74(115)92-51(23-18-33-84-76(80)81)67(108)89-50(22-16-17-32-78)66(107)87-45(9)63(104)93-54(36-41(3)4)70(111)91-53(29-30-59(102)103)68(109)95-56(37-46-20-14-13-15-21-46)71(112)98-62(75(116)117)44(8)12-2/h13-15,20-21,25-28,41-45,49-57,60-62,99-100H,11-12,16-19,22-24,29-40,78-79H2,1-10H3,(H,86,106)(H,87,107)(H,88,101)(H,89,108)(H,90,113)(H,91,111)(H,92,115)(H,93,104)(H,94,105)(H,95,109)(H,96,110)(H,97,114)(H,98,112)(H,102,103)(H,116,117)(H4,80,81,84)(H4,82,83,85)/t43-,44-,45-,49-,50-,51-,52-,53-,54-,55-,56-,57-,60-,61-,62-/m0/s1. The number of aliphatic imine (C=N–C) groups is 2. The van der Waals surface area contributed by atoms with Crippen LogP contribution in [-0.2, 0) is 84.8 Å². The molecule has 118 heavy (non-hydrogen) atoms. The topological polar surface area (TPSA) is 674 Å². The molecule has 0 aliphatic heterocycles. The van der Waals surface area contributed by atoms with Gasteiger partial charge in [0.2, 0.25) is 76.8 Å². The number of carbonyl (C=O) groups is 15. The molecule has 0 aliphatic carbocycles. The quantitative estimate of drug-likeness (QED) is 0.0171. The molecular formula is C77H127N21O19S. The number of hydrogen-bond donors (Lipinski definition) is 23. The fourth-order valence-electron chi connectivity index (χ4n) is 11.8. The first kappa shape index (κ1) is 103. The zero-order chi connectivity index (χ0) is 88.9. The molecule has 2 rings (SSSR count). The predicted molar refractivity (Wildman–Crippen MR) is 442 cm³/mol. The van der Waals surface area contributed by atoms with Gasteiger partial charge in [-0.25, -0.2) is 4.79 Å². The molecule has 0 saturated carbocycles. The Morgan fingerprint density at radius 3 is 1.36 bits per heavy atom. The highest BCUT2D eigenvalue weighted by Crippen LogP contribution is 2.18. The summed E-state index contributed by atoms with van der Waals surface area (Å²) in [5.41, 5.74) is 35.3. The van der Waals surface area contributed by atoms with Gasteiger partial charge in [-0.1, -0.05) is 111 Å². The largest absolute Gasteiger partial charge is 0.508 e. The van der Waals surface area contributed by atoms with Crippen LogP contribution in [-0.4, -0.2) is 244 Å². The third-order valence-electron chi connectivity index (χ3n) is 19.1.